The monoisotopic (exact) mass is 431 g/mol. The normalized spacial score (nSPS) is 35.3. The predicted molar refractivity (Wildman–Crippen MR) is 107 cm³/mol. The summed E-state index contributed by atoms with van der Waals surface area (Å²) in [7, 11) is -4.16. The highest BCUT2D eigenvalue weighted by Gasteiger charge is 2.57. The number of benzene rings is 1. The third-order valence-electron chi connectivity index (χ3n) is 7.85. The number of amides is 1. The first-order valence-corrected chi connectivity index (χ1v) is 12.3. The molecular weight excluding hydrogens is 405 g/mol. The van der Waals surface area contributed by atoms with Crippen LogP contribution in [0.1, 0.15) is 56.9 Å². The Kier molecular flexibility index (Phi) is 4.67. The van der Waals surface area contributed by atoms with Gasteiger partial charge in [-0.1, -0.05) is 6.42 Å². The second-order valence-corrected chi connectivity index (χ2v) is 11.4. The lowest BCUT2D eigenvalue weighted by atomic mass is 9.45. The molecule has 30 heavy (non-hydrogen) atoms. The van der Waals surface area contributed by atoms with Gasteiger partial charge in [-0.3, -0.25) is 4.79 Å². The van der Waals surface area contributed by atoms with Crippen LogP contribution < -0.4 is 5.32 Å². The van der Waals surface area contributed by atoms with E-state index >= 15 is 0 Å². The fourth-order valence-electron chi connectivity index (χ4n) is 6.56. The summed E-state index contributed by atoms with van der Waals surface area (Å²) < 4.78 is 41.8. The van der Waals surface area contributed by atoms with E-state index in [0.717, 1.165) is 22.9 Å². The van der Waals surface area contributed by atoms with Crippen LogP contribution in [0.4, 0.5) is 4.39 Å². The molecule has 4 saturated carbocycles. The third-order valence-corrected chi connectivity index (χ3v) is 9.79. The van der Waals surface area contributed by atoms with Crippen molar-refractivity contribution in [1.29, 1.82) is 5.26 Å². The molecule has 6 rings (SSSR count). The molecule has 4 aliphatic carbocycles. The lowest BCUT2D eigenvalue weighted by molar-refractivity contribution is -0.134. The number of rotatable bonds is 4. The number of hydrogen-bond donors (Lipinski definition) is 1. The highest BCUT2D eigenvalue weighted by Crippen LogP contribution is 2.63. The Labute approximate surface area is 176 Å². The molecule has 3 atom stereocenters. The van der Waals surface area contributed by atoms with Gasteiger partial charge in [0, 0.05) is 12.6 Å². The molecule has 1 aliphatic heterocycles. The average molecular weight is 432 g/mol. The van der Waals surface area contributed by atoms with Crippen LogP contribution in [0.25, 0.3) is 0 Å². The fraction of sp³-hybridized carbons (Fsp3) is 0.636. The van der Waals surface area contributed by atoms with Gasteiger partial charge in [0.2, 0.25) is 15.9 Å². The van der Waals surface area contributed by atoms with Crippen LogP contribution in [0.5, 0.6) is 0 Å². The van der Waals surface area contributed by atoms with Gasteiger partial charge >= 0.3 is 0 Å². The lowest BCUT2D eigenvalue weighted by Gasteiger charge is -2.62. The van der Waals surface area contributed by atoms with E-state index in [1.807, 2.05) is 0 Å². The Morgan fingerprint density at radius 2 is 1.97 bits per heavy atom. The van der Waals surface area contributed by atoms with Gasteiger partial charge in [-0.25, -0.2) is 12.8 Å². The molecule has 5 aliphatic rings. The first-order chi connectivity index (χ1) is 14.3. The summed E-state index contributed by atoms with van der Waals surface area (Å²) in [6.07, 6.45) is 8.20. The first kappa shape index (κ1) is 20.0. The largest absolute Gasteiger partial charge is 0.351 e. The minimum Gasteiger partial charge on any atom is -0.351 e. The Balaban J connectivity index is 1.35. The Morgan fingerprint density at radius 3 is 2.70 bits per heavy atom. The molecule has 1 amide bonds. The van der Waals surface area contributed by atoms with Crippen molar-refractivity contribution < 1.29 is 17.6 Å². The smallest absolute Gasteiger partial charge is 0.246 e. The van der Waals surface area contributed by atoms with Gasteiger partial charge in [-0.2, -0.15) is 9.57 Å². The van der Waals surface area contributed by atoms with Crippen LogP contribution in [-0.2, 0) is 14.8 Å². The van der Waals surface area contributed by atoms with Crippen molar-refractivity contribution in [3.8, 4) is 6.07 Å². The number of carbonyl (C=O) groups excluding carboxylic acids is 1. The van der Waals surface area contributed by atoms with Crippen molar-refractivity contribution in [3.63, 3.8) is 0 Å². The molecule has 8 heteroatoms. The molecule has 2 unspecified atom stereocenters. The van der Waals surface area contributed by atoms with E-state index in [4.69, 9.17) is 5.26 Å². The van der Waals surface area contributed by atoms with Crippen molar-refractivity contribution in [2.75, 3.05) is 6.54 Å². The lowest BCUT2D eigenvalue weighted by Crippen LogP contribution is -2.62. The highest BCUT2D eigenvalue weighted by atomic mass is 32.2. The van der Waals surface area contributed by atoms with Crippen molar-refractivity contribution in [1.82, 2.24) is 9.62 Å². The van der Waals surface area contributed by atoms with Crippen molar-refractivity contribution in [3.05, 3.63) is 29.6 Å². The quantitative estimate of drug-likeness (QED) is 0.794. The minimum absolute atomic E-state index is 0.0588. The summed E-state index contributed by atoms with van der Waals surface area (Å²) in [6.45, 7) is 0.195. The number of nitrogens with zero attached hydrogens (tertiary/aromatic N) is 2. The summed E-state index contributed by atoms with van der Waals surface area (Å²) in [5.41, 5.74) is 0.577. The Morgan fingerprint density at radius 1 is 1.20 bits per heavy atom. The predicted octanol–water partition coefficient (Wildman–Crippen LogP) is 2.94. The van der Waals surface area contributed by atoms with Crippen LogP contribution in [0.2, 0.25) is 0 Å². The van der Waals surface area contributed by atoms with Crippen LogP contribution in [0.3, 0.4) is 0 Å². The molecule has 1 aromatic rings. The average Bonchev–Trinajstić information content (AvgIpc) is 3.20. The topological polar surface area (TPSA) is 90.3 Å². The zero-order valence-corrected chi connectivity index (χ0v) is 17.6. The van der Waals surface area contributed by atoms with Gasteiger partial charge in [-0.15, -0.1) is 0 Å². The van der Waals surface area contributed by atoms with Gasteiger partial charge in [-0.05, 0) is 80.4 Å². The zero-order valence-electron chi connectivity index (χ0n) is 16.8. The third kappa shape index (κ3) is 3.05. The van der Waals surface area contributed by atoms with Gasteiger partial charge in [0.15, 0.2) is 0 Å². The summed E-state index contributed by atoms with van der Waals surface area (Å²) in [4.78, 5) is 12.7. The van der Waals surface area contributed by atoms with Crippen LogP contribution in [0, 0.1) is 34.4 Å². The van der Waals surface area contributed by atoms with Crippen molar-refractivity contribution in [2.24, 2.45) is 17.3 Å². The maximum atomic E-state index is 14.4. The van der Waals surface area contributed by atoms with Gasteiger partial charge in [0.25, 0.3) is 0 Å². The van der Waals surface area contributed by atoms with Gasteiger partial charge < -0.3 is 5.32 Å². The van der Waals surface area contributed by atoms with Crippen LogP contribution in [-0.4, -0.2) is 37.3 Å². The Hall–Kier alpha value is -1.98. The number of hydrogen-bond acceptors (Lipinski definition) is 4. The van der Waals surface area contributed by atoms with Crippen molar-refractivity contribution in [2.45, 2.75) is 68.3 Å². The van der Waals surface area contributed by atoms with E-state index in [2.05, 4.69) is 5.32 Å². The fourth-order valence-corrected chi connectivity index (χ4v) is 8.26. The van der Waals surface area contributed by atoms with E-state index in [1.54, 1.807) is 6.07 Å². The van der Waals surface area contributed by atoms with E-state index in [-0.39, 0.29) is 24.1 Å². The first-order valence-electron chi connectivity index (χ1n) is 10.8. The summed E-state index contributed by atoms with van der Waals surface area (Å²) in [5.74, 6) is -0.200. The molecule has 6 nitrogen and oxygen atoms in total. The molecule has 3 bridgehead atoms. The second-order valence-electron chi connectivity index (χ2n) is 9.59. The van der Waals surface area contributed by atoms with Crippen LogP contribution in [0.15, 0.2) is 23.1 Å². The molecule has 1 spiro atoms. The number of sulfonamides is 1. The molecule has 0 radical (unpaired) electrons. The number of nitrogens with one attached hydrogen (secondary N) is 1. The SMILES string of the molecule is N#Cc1ccc(S(=O)(=O)N2CCC[C@@H]2C(=O)NC2C3CCCC4(C3)CC2C4)c(F)c1. The van der Waals surface area contributed by atoms with Gasteiger partial charge in [0.1, 0.15) is 16.8 Å². The highest BCUT2D eigenvalue weighted by molar-refractivity contribution is 7.89. The summed E-state index contributed by atoms with van der Waals surface area (Å²) in [6, 6.07) is 4.46. The standard InChI is InChI=1S/C22H26FN3O3S/c23-17-9-14(13-24)5-6-19(17)30(28,29)26-8-2-4-18(26)21(27)25-20-15-3-1-7-22(10-15)11-16(20)12-22/h5-6,9,15-16,18,20H,1-4,7-8,10-12H2,(H,25,27)/t15?,16?,18-,20?,22?/m1/s1. The molecule has 1 heterocycles. The molecule has 5 fully saturated rings. The summed E-state index contributed by atoms with van der Waals surface area (Å²) >= 11 is 0. The number of nitriles is 1. The number of halogens is 1. The molecule has 0 aromatic heterocycles. The minimum atomic E-state index is -4.16. The second kappa shape index (κ2) is 7.03. The van der Waals surface area contributed by atoms with Crippen molar-refractivity contribution >= 4 is 15.9 Å². The maximum absolute atomic E-state index is 14.4. The van der Waals surface area contributed by atoms with Crippen LogP contribution >= 0.6 is 0 Å². The van der Waals surface area contributed by atoms with E-state index in [9.17, 15) is 17.6 Å². The molecular formula is C22H26FN3O3S. The zero-order chi connectivity index (χ0) is 21.1. The van der Waals surface area contributed by atoms with E-state index in [0.29, 0.717) is 30.1 Å². The van der Waals surface area contributed by atoms with E-state index in [1.165, 1.54) is 38.2 Å². The van der Waals surface area contributed by atoms with Gasteiger partial charge in [0.05, 0.1) is 11.6 Å². The molecule has 1 N–H and O–H groups in total. The van der Waals surface area contributed by atoms with E-state index < -0.39 is 26.8 Å². The maximum Gasteiger partial charge on any atom is 0.246 e. The Bertz CT molecular complexity index is 1030. The molecule has 1 saturated heterocycles. The molecule has 1 aromatic carbocycles. The number of carbonyl (C=O) groups is 1. The summed E-state index contributed by atoms with van der Waals surface area (Å²) in [5, 5.41) is 12.1. The molecule has 160 valence electrons.